The van der Waals surface area contributed by atoms with Gasteiger partial charge in [-0.1, -0.05) is 18.5 Å². The molecule has 2 aromatic heterocycles. The number of ether oxygens (including phenoxy) is 1. The molecule has 6 heteroatoms. The Bertz CT molecular complexity index is 978. The van der Waals surface area contributed by atoms with Gasteiger partial charge in [0.2, 0.25) is 0 Å². The molecule has 1 aliphatic carbocycles. The van der Waals surface area contributed by atoms with E-state index in [1.165, 1.54) is 10.4 Å². The van der Waals surface area contributed by atoms with Crippen molar-refractivity contribution in [2.75, 3.05) is 6.61 Å². The van der Waals surface area contributed by atoms with Crippen LogP contribution in [0.5, 0.6) is 5.75 Å². The van der Waals surface area contributed by atoms with Crippen LogP contribution in [0.15, 0.2) is 35.4 Å². The maximum absolute atomic E-state index is 12.9. The predicted molar refractivity (Wildman–Crippen MR) is 107 cm³/mol. The molecule has 1 atom stereocenters. The largest absolute Gasteiger partial charge is 0.494 e. The van der Waals surface area contributed by atoms with Gasteiger partial charge in [0.1, 0.15) is 10.6 Å². The summed E-state index contributed by atoms with van der Waals surface area (Å²) in [5.41, 5.74) is 1.33. The second-order valence-corrected chi connectivity index (χ2v) is 8.45. The molecule has 0 saturated carbocycles. The van der Waals surface area contributed by atoms with Crippen molar-refractivity contribution in [3.63, 3.8) is 0 Å². The highest BCUT2D eigenvalue weighted by Gasteiger charge is 2.23. The summed E-state index contributed by atoms with van der Waals surface area (Å²) >= 11 is 7.56. The van der Waals surface area contributed by atoms with Gasteiger partial charge < -0.3 is 4.74 Å². The average Bonchev–Trinajstić information content (AvgIpc) is 3.00. The molecule has 1 aromatic carbocycles. The Labute approximate surface area is 161 Å². The van der Waals surface area contributed by atoms with Crippen molar-refractivity contribution >= 4 is 33.2 Å². The maximum Gasteiger partial charge on any atom is 0.262 e. The molecule has 0 bridgehead atoms. The number of benzene rings is 1. The number of aromatic nitrogens is 2. The zero-order valence-corrected chi connectivity index (χ0v) is 16.3. The molecule has 0 amide bonds. The first kappa shape index (κ1) is 17.6. The highest BCUT2D eigenvalue weighted by molar-refractivity contribution is 7.18. The van der Waals surface area contributed by atoms with Gasteiger partial charge in [-0.15, -0.1) is 11.3 Å². The van der Waals surface area contributed by atoms with E-state index < -0.39 is 0 Å². The number of fused-ring (bicyclic) bond motifs is 3. The van der Waals surface area contributed by atoms with E-state index in [0.29, 0.717) is 24.1 Å². The highest BCUT2D eigenvalue weighted by atomic mass is 35.5. The molecule has 0 aliphatic heterocycles. The first-order chi connectivity index (χ1) is 12.6. The average molecular weight is 389 g/mol. The van der Waals surface area contributed by atoms with Crippen LogP contribution in [-0.2, 0) is 19.4 Å². The van der Waals surface area contributed by atoms with Crippen LogP contribution in [0.3, 0.4) is 0 Å². The quantitative estimate of drug-likeness (QED) is 0.595. The smallest absolute Gasteiger partial charge is 0.262 e. The van der Waals surface area contributed by atoms with E-state index in [1.54, 1.807) is 34.4 Å². The Morgan fingerprint density at radius 1 is 1.35 bits per heavy atom. The molecular formula is C20H21ClN2O2S. The number of aryl methyl sites for hydroxylation is 2. The summed E-state index contributed by atoms with van der Waals surface area (Å²) in [6, 6.07) is 7.31. The molecule has 0 spiro atoms. The number of nitrogens with zero attached hydrogens (tertiary/aromatic N) is 2. The summed E-state index contributed by atoms with van der Waals surface area (Å²) in [5, 5.41) is 1.54. The normalized spacial score (nSPS) is 16.6. The van der Waals surface area contributed by atoms with Crippen LogP contribution in [0.25, 0.3) is 10.2 Å². The van der Waals surface area contributed by atoms with E-state index in [2.05, 4.69) is 11.9 Å². The van der Waals surface area contributed by atoms with Gasteiger partial charge in [-0.3, -0.25) is 9.36 Å². The third-order valence-electron chi connectivity index (χ3n) is 4.91. The second kappa shape index (κ2) is 7.41. The van der Waals surface area contributed by atoms with Crippen LogP contribution in [0, 0.1) is 5.92 Å². The Hall–Kier alpha value is -1.85. The number of thiophene rings is 1. The molecule has 4 rings (SSSR count). The summed E-state index contributed by atoms with van der Waals surface area (Å²) < 4.78 is 7.43. The van der Waals surface area contributed by atoms with E-state index in [0.717, 1.165) is 41.6 Å². The summed E-state index contributed by atoms with van der Waals surface area (Å²) in [6.45, 7) is 3.43. The van der Waals surface area contributed by atoms with Crippen LogP contribution in [0.4, 0.5) is 0 Å². The zero-order chi connectivity index (χ0) is 18.1. The Morgan fingerprint density at radius 2 is 2.15 bits per heavy atom. The fraction of sp³-hybridized carbons (Fsp3) is 0.400. The Morgan fingerprint density at radius 3 is 2.96 bits per heavy atom. The van der Waals surface area contributed by atoms with Crippen molar-refractivity contribution in [1.82, 2.24) is 9.55 Å². The summed E-state index contributed by atoms with van der Waals surface area (Å²) in [6.07, 6.45) is 5.65. The van der Waals surface area contributed by atoms with Crippen molar-refractivity contribution in [1.29, 1.82) is 0 Å². The minimum absolute atomic E-state index is 0.0912. The first-order valence-corrected chi connectivity index (χ1v) is 10.2. The molecule has 0 saturated heterocycles. The summed E-state index contributed by atoms with van der Waals surface area (Å²) in [4.78, 5) is 19.7. The molecule has 1 aliphatic rings. The Kier molecular flexibility index (Phi) is 5.00. The molecule has 1 unspecified atom stereocenters. The Balaban J connectivity index is 1.46. The standard InChI is InChI=1S/C20H21ClN2O2S/c1-13-3-8-16-17(11-13)26-19-18(16)20(24)23(12-22-19)9-2-10-25-15-6-4-14(21)5-7-15/h4-7,12-13H,2-3,8-11H2,1H3. The molecule has 3 aromatic rings. The fourth-order valence-electron chi connectivity index (χ4n) is 3.48. The van der Waals surface area contributed by atoms with Crippen LogP contribution >= 0.6 is 22.9 Å². The van der Waals surface area contributed by atoms with Crippen molar-refractivity contribution < 1.29 is 4.74 Å². The molecule has 4 nitrogen and oxygen atoms in total. The van der Waals surface area contributed by atoms with Gasteiger partial charge in [0.05, 0.1) is 18.3 Å². The lowest BCUT2D eigenvalue weighted by Gasteiger charge is -2.17. The van der Waals surface area contributed by atoms with Gasteiger partial charge in [0.15, 0.2) is 0 Å². The number of rotatable bonds is 5. The van der Waals surface area contributed by atoms with Gasteiger partial charge in [0.25, 0.3) is 5.56 Å². The van der Waals surface area contributed by atoms with Gasteiger partial charge in [-0.25, -0.2) is 4.98 Å². The van der Waals surface area contributed by atoms with Gasteiger partial charge in [0, 0.05) is 16.4 Å². The summed E-state index contributed by atoms with van der Waals surface area (Å²) in [5.74, 6) is 1.49. The van der Waals surface area contributed by atoms with Crippen molar-refractivity contribution in [2.24, 2.45) is 5.92 Å². The van der Waals surface area contributed by atoms with Gasteiger partial charge in [-0.2, -0.15) is 0 Å². The number of hydrogen-bond acceptors (Lipinski definition) is 4. The zero-order valence-electron chi connectivity index (χ0n) is 14.7. The lowest BCUT2D eigenvalue weighted by molar-refractivity contribution is 0.301. The molecule has 0 radical (unpaired) electrons. The predicted octanol–water partition coefficient (Wildman–Crippen LogP) is 4.71. The highest BCUT2D eigenvalue weighted by Crippen LogP contribution is 2.35. The number of halogens is 1. The van der Waals surface area contributed by atoms with Crippen LogP contribution in [0.2, 0.25) is 5.02 Å². The molecule has 2 heterocycles. The van der Waals surface area contributed by atoms with Gasteiger partial charge >= 0.3 is 0 Å². The SMILES string of the molecule is CC1CCc2c(sc3ncn(CCCOc4ccc(Cl)cc4)c(=O)c23)C1. The van der Waals surface area contributed by atoms with Crippen LogP contribution in [0.1, 0.15) is 30.2 Å². The van der Waals surface area contributed by atoms with Crippen LogP contribution in [-0.4, -0.2) is 16.2 Å². The monoisotopic (exact) mass is 388 g/mol. The van der Waals surface area contributed by atoms with E-state index in [9.17, 15) is 4.79 Å². The van der Waals surface area contributed by atoms with Gasteiger partial charge in [-0.05, 0) is 61.4 Å². The van der Waals surface area contributed by atoms with Crippen LogP contribution < -0.4 is 10.3 Å². The van der Waals surface area contributed by atoms with E-state index in [4.69, 9.17) is 16.3 Å². The van der Waals surface area contributed by atoms with Crippen molar-refractivity contribution in [3.8, 4) is 5.75 Å². The minimum Gasteiger partial charge on any atom is -0.494 e. The molecular weight excluding hydrogens is 368 g/mol. The summed E-state index contributed by atoms with van der Waals surface area (Å²) in [7, 11) is 0. The fourth-order valence-corrected chi connectivity index (χ4v) is 4.95. The van der Waals surface area contributed by atoms with E-state index >= 15 is 0 Å². The third kappa shape index (κ3) is 3.51. The number of hydrogen-bond donors (Lipinski definition) is 0. The van der Waals surface area contributed by atoms with Crippen molar-refractivity contribution in [3.05, 3.63) is 56.4 Å². The second-order valence-electron chi connectivity index (χ2n) is 6.93. The lowest BCUT2D eigenvalue weighted by atomic mass is 9.89. The van der Waals surface area contributed by atoms with E-state index in [-0.39, 0.29) is 5.56 Å². The van der Waals surface area contributed by atoms with E-state index in [1.807, 2.05) is 12.1 Å². The molecule has 0 N–H and O–H groups in total. The van der Waals surface area contributed by atoms with Crippen molar-refractivity contribution in [2.45, 2.75) is 39.2 Å². The first-order valence-electron chi connectivity index (χ1n) is 9.00. The molecule has 136 valence electrons. The topological polar surface area (TPSA) is 44.1 Å². The lowest BCUT2D eigenvalue weighted by Crippen LogP contribution is -2.22. The maximum atomic E-state index is 12.9. The molecule has 0 fully saturated rings. The third-order valence-corrected chi connectivity index (χ3v) is 6.32. The molecule has 26 heavy (non-hydrogen) atoms. The minimum atomic E-state index is 0.0912.